The van der Waals surface area contributed by atoms with E-state index in [-0.39, 0.29) is 0 Å². The maximum Gasteiger partial charge on any atom is 0.321 e. The normalized spacial score (nSPS) is 32.2. The minimum atomic E-state index is -0.903. The van der Waals surface area contributed by atoms with Gasteiger partial charge in [0.2, 0.25) is 0 Å². The van der Waals surface area contributed by atoms with Crippen molar-refractivity contribution in [3.8, 4) is 0 Å². The van der Waals surface area contributed by atoms with Crippen LogP contribution in [0.5, 0.6) is 0 Å². The topological polar surface area (TPSA) is 63.3 Å². The van der Waals surface area contributed by atoms with Gasteiger partial charge in [-0.1, -0.05) is 13.8 Å². The van der Waals surface area contributed by atoms with Crippen molar-refractivity contribution in [1.82, 2.24) is 0 Å². The van der Waals surface area contributed by atoms with Crippen molar-refractivity contribution < 1.29 is 9.90 Å². The zero-order valence-corrected chi connectivity index (χ0v) is 12.1. The van der Waals surface area contributed by atoms with E-state index in [0.717, 1.165) is 11.8 Å². The van der Waals surface area contributed by atoms with Crippen LogP contribution in [0.15, 0.2) is 0 Å². The molecule has 0 bridgehead atoms. The highest BCUT2D eigenvalue weighted by molar-refractivity contribution is 8.01. The quantitative estimate of drug-likeness (QED) is 0.815. The van der Waals surface area contributed by atoms with Gasteiger partial charge in [-0.3, -0.25) is 4.79 Å². The first kappa shape index (κ1) is 14.8. The monoisotopic (exact) mass is 259 g/mol. The molecule has 0 saturated heterocycles. The number of nitrogens with two attached hydrogens (primary N) is 1. The molecule has 0 aromatic carbocycles. The second kappa shape index (κ2) is 5.61. The molecule has 0 spiro atoms. The summed E-state index contributed by atoms with van der Waals surface area (Å²) in [5, 5.41) is 9.56. The molecule has 0 heterocycles. The molecule has 0 amide bonds. The Bertz CT molecular complexity index is 281. The maximum absolute atomic E-state index is 11.0. The molecule has 0 aliphatic heterocycles. The largest absolute Gasteiger partial charge is 0.480 e. The average molecular weight is 259 g/mol. The van der Waals surface area contributed by atoms with E-state index in [1.54, 1.807) is 11.8 Å². The Kier molecular flexibility index (Phi) is 4.90. The predicted molar refractivity (Wildman–Crippen MR) is 73.2 cm³/mol. The van der Waals surface area contributed by atoms with Crippen LogP contribution in [0.2, 0.25) is 0 Å². The van der Waals surface area contributed by atoms with Gasteiger partial charge in [0, 0.05) is 10.00 Å². The van der Waals surface area contributed by atoms with E-state index in [1.807, 2.05) is 13.8 Å². The Morgan fingerprint density at radius 1 is 1.35 bits per heavy atom. The number of hydrogen-bond acceptors (Lipinski definition) is 3. The molecule has 4 heteroatoms. The molecule has 100 valence electrons. The summed E-state index contributed by atoms with van der Waals surface area (Å²) < 4.78 is -0.392. The summed E-state index contributed by atoms with van der Waals surface area (Å²) in [7, 11) is 0. The van der Waals surface area contributed by atoms with E-state index >= 15 is 0 Å². The van der Waals surface area contributed by atoms with Crippen molar-refractivity contribution in [3.63, 3.8) is 0 Å². The van der Waals surface area contributed by atoms with Gasteiger partial charge in [0.25, 0.3) is 0 Å². The average Bonchev–Trinajstić information content (AvgIpc) is 2.22. The highest BCUT2D eigenvalue weighted by atomic mass is 32.2. The lowest BCUT2D eigenvalue weighted by Crippen LogP contribution is -2.48. The number of carboxylic acids is 1. The first-order valence-corrected chi connectivity index (χ1v) is 7.28. The minimum absolute atomic E-state index is 0.392. The molecule has 1 saturated carbocycles. The molecule has 3 nitrogen and oxygen atoms in total. The summed E-state index contributed by atoms with van der Waals surface area (Å²) in [6.07, 6.45) is 3.62. The van der Waals surface area contributed by atoms with Crippen LogP contribution in [-0.2, 0) is 4.79 Å². The zero-order chi connectivity index (χ0) is 13.2. The van der Waals surface area contributed by atoms with E-state index in [2.05, 4.69) is 13.8 Å². The predicted octanol–water partition coefficient (Wildman–Crippen LogP) is 2.73. The van der Waals surface area contributed by atoms with Crippen molar-refractivity contribution in [3.05, 3.63) is 0 Å². The fraction of sp³-hybridized carbons (Fsp3) is 0.923. The Morgan fingerprint density at radius 3 is 2.41 bits per heavy atom. The van der Waals surface area contributed by atoms with Crippen LogP contribution in [0.1, 0.15) is 47.0 Å². The Balaban J connectivity index is 2.56. The molecule has 0 aromatic heterocycles. The van der Waals surface area contributed by atoms with Gasteiger partial charge < -0.3 is 10.8 Å². The lowest BCUT2D eigenvalue weighted by Gasteiger charge is -2.37. The third-order valence-corrected chi connectivity index (χ3v) is 5.66. The van der Waals surface area contributed by atoms with Crippen LogP contribution in [-0.4, -0.2) is 27.1 Å². The smallest absolute Gasteiger partial charge is 0.321 e. The van der Waals surface area contributed by atoms with E-state index in [9.17, 15) is 4.79 Å². The van der Waals surface area contributed by atoms with Crippen molar-refractivity contribution >= 4 is 17.7 Å². The van der Waals surface area contributed by atoms with Crippen LogP contribution in [0.25, 0.3) is 0 Å². The molecule has 4 atom stereocenters. The molecule has 0 radical (unpaired) electrons. The fourth-order valence-corrected chi connectivity index (χ4v) is 4.17. The van der Waals surface area contributed by atoms with Crippen molar-refractivity contribution in [2.45, 2.75) is 63.0 Å². The number of carbonyl (C=O) groups is 1. The summed E-state index contributed by atoms with van der Waals surface area (Å²) in [5.74, 6) is 0.626. The highest BCUT2D eigenvalue weighted by Gasteiger charge is 2.36. The van der Waals surface area contributed by atoms with Gasteiger partial charge >= 0.3 is 5.97 Å². The molecule has 17 heavy (non-hydrogen) atoms. The molecule has 0 aromatic rings. The third-order valence-electron chi connectivity index (χ3n) is 4.04. The zero-order valence-electron chi connectivity index (χ0n) is 11.3. The molecule has 1 fully saturated rings. The molecule has 1 rings (SSSR count). The standard InChI is InChI=1S/C13H25NO2S/c1-8-5-6-10(7-9(8)2)17-13(3,4)11(14)12(15)16/h8-11H,5-7,14H2,1-4H3,(H,15,16)/t8?,9?,10?,11-/m1/s1. The second-order valence-electron chi connectivity index (χ2n) is 5.93. The van der Waals surface area contributed by atoms with Crippen LogP contribution in [0.3, 0.4) is 0 Å². The second-order valence-corrected chi connectivity index (χ2v) is 7.88. The first-order chi connectivity index (χ1) is 7.74. The molecule has 1 aliphatic rings. The van der Waals surface area contributed by atoms with Gasteiger partial charge in [-0.2, -0.15) is 11.8 Å². The summed E-state index contributed by atoms with van der Waals surface area (Å²) in [6.45, 7) is 8.49. The summed E-state index contributed by atoms with van der Waals surface area (Å²) in [4.78, 5) is 11.0. The van der Waals surface area contributed by atoms with Crippen molar-refractivity contribution in [2.75, 3.05) is 0 Å². The molecule has 3 unspecified atom stereocenters. The van der Waals surface area contributed by atoms with Crippen LogP contribution in [0, 0.1) is 11.8 Å². The van der Waals surface area contributed by atoms with Gasteiger partial charge in [0.15, 0.2) is 0 Å². The Morgan fingerprint density at radius 2 is 1.94 bits per heavy atom. The maximum atomic E-state index is 11.0. The SMILES string of the molecule is CC1CCC(SC(C)(C)[C@H](N)C(=O)O)CC1C. The number of carboxylic acid groups (broad SMARTS) is 1. The number of rotatable bonds is 4. The van der Waals surface area contributed by atoms with Gasteiger partial charge in [0.1, 0.15) is 6.04 Å². The molecular weight excluding hydrogens is 234 g/mol. The van der Waals surface area contributed by atoms with Gasteiger partial charge in [-0.05, 0) is 44.9 Å². The van der Waals surface area contributed by atoms with E-state index < -0.39 is 16.8 Å². The third kappa shape index (κ3) is 3.88. The minimum Gasteiger partial charge on any atom is -0.480 e. The van der Waals surface area contributed by atoms with Crippen molar-refractivity contribution in [1.29, 1.82) is 0 Å². The molecule has 1 aliphatic carbocycles. The van der Waals surface area contributed by atoms with Crippen LogP contribution >= 0.6 is 11.8 Å². The first-order valence-electron chi connectivity index (χ1n) is 6.40. The van der Waals surface area contributed by atoms with Crippen LogP contribution in [0.4, 0.5) is 0 Å². The van der Waals surface area contributed by atoms with Crippen LogP contribution < -0.4 is 5.73 Å². The van der Waals surface area contributed by atoms with E-state index in [0.29, 0.717) is 5.25 Å². The lowest BCUT2D eigenvalue weighted by atomic mass is 9.81. The fourth-order valence-electron chi connectivity index (χ4n) is 2.41. The van der Waals surface area contributed by atoms with Gasteiger partial charge in [-0.25, -0.2) is 0 Å². The Hall–Kier alpha value is -0.220. The molecular formula is C13H25NO2S. The highest BCUT2D eigenvalue weighted by Crippen LogP contribution is 2.41. The molecule has 3 N–H and O–H groups in total. The van der Waals surface area contributed by atoms with E-state index in [1.165, 1.54) is 19.3 Å². The van der Waals surface area contributed by atoms with Crippen molar-refractivity contribution in [2.24, 2.45) is 17.6 Å². The number of aliphatic carboxylic acids is 1. The number of thioether (sulfide) groups is 1. The van der Waals surface area contributed by atoms with Gasteiger partial charge in [-0.15, -0.1) is 0 Å². The summed E-state index contributed by atoms with van der Waals surface area (Å²) in [5.41, 5.74) is 5.75. The summed E-state index contributed by atoms with van der Waals surface area (Å²) in [6, 6.07) is -0.790. The lowest BCUT2D eigenvalue weighted by molar-refractivity contribution is -0.139. The summed E-state index contributed by atoms with van der Waals surface area (Å²) >= 11 is 1.76. The van der Waals surface area contributed by atoms with E-state index in [4.69, 9.17) is 10.8 Å². The number of hydrogen-bond donors (Lipinski definition) is 2. The Labute approximate surface area is 109 Å². The van der Waals surface area contributed by atoms with Gasteiger partial charge in [0.05, 0.1) is 0 Å².